The molecule has 2 heterocycles. The molecule has 4 nitrogen and oxygen atoms in total. The highest BCUT2D eigenvalue weighted by atomic mass is 32.2. The second kappa shape index (κ2) is 2.39. The summed E-state index contributed by atoms with van der Waals surface area (Å²) >= 11 is 1.78. The first-order valence-corrected chi connectivity index (χ1v) is 5.26. The van der Waals surface area contributed by atoms with Crippen LogP contribution < -0.4 is 5.43 Å². The molecule has 0 amide bonds. The Morgan fingerprint density at radius 1 is 1.42 bits per heavy atom. The third-order valence-electron chi connectivity index (χ3n) is 2.20. The fourth-order valence-electron chi connectivity index (χ4n) is 1.43. The van der Waals surface area contributed by atoms with Crippen LogP contribution in [0.2, 0.25) is 0 Å². The summed E-state index contributed by atoms with van der Waals surface area (Å²) in [4.78, 5) is 0. The van der Waals surface area contributed by atoms with Crippen molar-refractivity contribution in [2.24, 2.45) is 0 Å². The Morgan fingerprint density at radius 3 is 3.17 bits per heavy atom. The van der Waals surface area contributed by atoms with Crippen molar-refractivity contribution in [3.63, 3.8) is 0 Å². The van der Waals surface area contributed by atoms with Gasteiger partial charge in [-0.25, -0.2) is 4.68 Å². The zero-order valence-corrected chi connectivity index (χ0v) is 7.47. The number of nitrogens with zero attached hydrogens (tertiary/aromatic N) is 3. The van der Waals surface area contributed by atoms with Crippen LogP contribution in [0.4, 0.5) is 0 Å². The first kappa shape index (κ1) is 6.77. The SMILES string of the molecule is C1CSc2nnc(C3CC3)n2N1. The van der Waals surface area contributed by atoms with Crippen LogP contribution in [0.25, 0.3) is 0 Å². The number of hydrogen-bond donors (Lipinski definition) is 1. The Labute approximate surface area is 74.7 Å². The van der Waals surface area contributed by atoms with E-state index in [4.69, 9.17) is 0 Å². The Bertz CT molecular complexity index is 304. The third-order valence-corrected chi connectivity index (χ3v) is 3.13. The van der Waals surface area contributed by atoms with Gasteiger partial charge in [0.05, 0.1) is 0 Å². The van der Waals surface area contributed by atoms with Crippen molar-refractivity contribution < 1.29 is 0 Å². The molecule has 3 rings (SSSR count). The second-order valence-electron chi connectivity index (χ2n) is 3.21. The van der Waals surface area contributed by atoms with E-state index < -0.39 is 0 Å². The standard InChI is InChI=1S/C7H10N4S/c1-2-5(1)6-9-10-7-11(6)8-3-4-12-7/h5,8H,1-4H2. The summed E-state index contributed by atoms with van der Waals surface area (Å²) in [6.07, 6.45) is 2.56. The minimum atomic E-state index is 0.678. The van der Waals surface area contributed by atoms with E-state index in [1.807, 2.05) is 0 Å². The minimum Gasteiger partial charge on any atom is -0.321 e. The molecule has 1 fully saturated rings. The summed E-state index contributed by atoms with van der Waals surface area (Å²) in [5.41, 5.74) is 3.30. The largest absolute Gasteiger partial charge is 0.321 e. The van der Waals surface area contributed by atoms with Gasteiger partial charge in [-0.1, -0.05) is 11.8 Å². The van der Waals surface area contributed by atoms with Gasteiger partial charge in [-0.3, -0.25) is 0 Å². The maximum Gasteiger partial charge on any atom is 0.210 e. The number of aromatic nitrogens is 3. The van der Waals surface area contributed by atoms with Gasteiger partial charge in [-0.2, -0.15) is 0 Å². The molecule has 64 valence electrons. The van der Waals surface area contributed by atoms with Crippen molar-refractivity contribution in [3.8, 4) is 0 Å². The first-order chi connectivity index (χ1) is 5.95. The lowest BCUT2D eigenvalue weighted by molar-refractivity contribution is 0.709. The van der Waals surface area contributed by atoms with E-state index in [-0.39, 0.29) is 0 Å². The van der Waals surface area contributed by atoms with Gasteiger partial charge in [0, 0.05) is 18.2 Å². The Kier molecular flexibility index (Phi) is 1.35. The average molecular weight is 182 g/mol. The lowest BCUT2D eigenvalue weighted by atomic mass is 10.4. The van der Waals surface area contributed by atoms with Crippen molar-refractivity contribution in [3.05, 3.63) is 5.82 Å². The molecule has 1 saturated carbocycles. The molecule has 1 N–H and O–H groups in total. The maximum absolute atomic E-state index is 4.19. The van der Waals surface area contributed by atoms with Gasteiger partial charge < -0.3 is 5.43 Å². The average Bonchev–Trinajstić information content (AvgIpc) is 2.86. The minimum absolute atomic E-state index is 0.678. The van der Waals surface area contributed by atoms with E-state index in [0.717, 1.165) is 23.3 Å². The lowest BCUT2D eigenvalue weighted by Gasteiger charge is -2.16. The maximum atomic E-state index is 4.19. The molecule has 0 unspecified atom stereocenters. The van der Waals surface area contributed by atoms with Crippen molar-refractivity contribution in [1.29, 1.82) is 0 Å². The molecule has 1 aliphatic heterocycles. The number of nitrogens with one attached hydrogen (secondary N) is 1. The van der Waals surface area contributed by atoms with Gasteiger partial charge in [-0.05, 0) is 12.8 Å². The molecule has 2 aliphatic rings. The van der Waals surface area contributed by atoms with Crippen LogP contribution >= 0.6 is 11.8 Å². The molecule has 1 aromatic heterocycles. The summed E-state index contributed by atoms with van der Waals surface area (Å²) in [5.74, 6) is 2.91. The molecule has 0 atom stereocenters. The molecule has 12 heavy (non-hydrogen) atoms. The van der Waals surface area contributed by atoms with E-state index in [1.165, 1.54) is 12.8 Å². The van der Waals surface area contributed by atoms with E-state index in [2.05, 4.69) is 20.3 Å². The Morgan fingerprint density at radius 2 is 2.33 bits per heavy atom. The highest BCUT2D eigenvalue weighted by Crippen LogP contribution is 2.39. The van der Waals surface area contributed by atoms with Gasteiger partial charge in [0.15, 0.2) is 5.82 Å². The molecule has 1 aromatic rings. The third kappa shape index (κ3) is 0.924. The lowest BCUT2D eigenvalue weighted by Crippen LogP contribution is -2.24. The summed E-state index contributed by atoms with van der Waals surface area (Å²) < 4.78 is 2.06. The number of rotatable bonds is 1. The zero-order valence-electron chi connectivity index (χ0n) is 6.66. The second-order valence-corrected chi connectivity index (χ2v) is 4.27. The molecule has 0 radical (unpaired) electrons. The summed E-state index contributed by atoms with van der Waals surface area (Å²) in [5, 5.41) is 9.35. The summed E-state index contributed by atoms with van der Waals surface area (Å²) in [6.45, 7) is 1.02. The van der Waals surface area contributed by atoms with Gasteiger partial charge in [0.1, 0.15) is 0 Å². The normalized spacial score (nSPS) is 21.7. The number of hydrogen-bond acceptors (Lipinski definition) is 4. The molecular formula is C7H10N4S. The van der Waals surface area contributed by atoms with Gasteiger partial charge in [-0.15, -0.1) is 10.2 Å². The predicted octanol–water partition coefficient (Wildman–Crippen LogP) is 0.805. The predicted molar refractivity (Wildman–Crippen MR) is 46.9 cm³/mol. The zero-order chi connectivity index (χ0) is 7.97. The smallest absolute Gasteiger partial charge is 0.210 e. The molecule has 0 aromatic carbocycles. The van der Waals surface area contributed by atoms with Crippen LogP contribution in [0.3, 0.4) is 0 Å². The number of fused-ring (bicyclic) bond motifs is 1. The first-order valence-electron chi connectivity index (χ1n) is 4.27. The summed E-state index contributed by atoms with van der Waals surface area (Å²) in [6, 6.07) is 0. The van der Waals surface area contributed by atoms with Crippen molar-refractivity contribution in [1.82, 2.24) is 14.9 Å². The van der Waals surface area contributed by atoms with E-state index in [0.29, 0.717) is 5.92 Å². The fraction of sp³-hybridized carbons (Fsp3) is 0.714. The van der Waals surface area contributed by atoms with E-state index in [9.17, 15) is 0 Å². The van der Waals surface area contributed by atoms with Crippen molar-refractivity contribution in [2.75, 3.05) is 17.7 Å². The van der Waals surface area contributed by atoms with Crippen molar-refractivity contribution in [2.45, 2.75) is 23.9 Å². The highest BCUT2D eigenvalue weighted by Gasteiger charge is 2.31. The monoisotopic (exact) mass is 182 g/mol. The van der Waals surface area contributed by atoms with E-state index >= 15 is 0 Å². The quantitative estimate of drug-likeness (QED) is 0.697. The molecule has 0 saturated heterocycles. The molecular weight excluding hydrogens is 172 g/mol. The van der Waals surface area contributed by atoms with E-state index in [1.54, 1.807) is 11.8 Å². The molecule has 0 bridgehead atoms. The van der Waals surface area contributed by atoms with Gasteiger partial charge in [0.2, 0.25) is 5.16 Å². The van der Waals surface area contributed by atoms with Gasteiger partial charge >= 0.3 is 0 Å². The number of thioether (sulfide) groups is 1. The molecule has 0 spiro atoms. The fourth-order valence-corrected chi connectivity index (χ4v) is 2.19. The van der Waals surface area contributed by atoms with Crippen molar-refractivity contribution >= 4 is 11.8 Å². The Hall–Kier alpha value is -0.710. The molecule has 5 heteroatoms. The van der Waals surface area contributed by atoms with Crippen LogP contribution in [0.5, 0.6) is 0 Å². The molecule has 1 aliphatic carbocycles. The van der Waals surface area contributed by atoms with Crippen LogP contribution in [-0.4, -0.2) is 27.2 Å². The highest BCUT2D eigenvalue weighted by molar-refractivity contribution is 7.99. The van der Waals surface area contributed by atoms with Crippen LogP contribution in [0.1, 0.15) is 24.6 Å². The van der Waals surface area contributed by atoms with Crippen LogP contribution in [0, 0.1) is 0 Å². The summed E-state index contributed by atoms with van der Waals surface area (Å²) in [7, 11) is 0. The van der Waals surface area contributed by atoms with Crippen LogP contribution in [0.15, 0.2) is 5.16 Å². The Balaban J connectivity index is 2.03. The van der Waals surface area contributed by atoms with Gasteiger partial charge in [0.25, 0.3) is 0 Å². The topological polar surface area (TPSA) is 42.7 Å². The van der Waals surface area contributed by atoms with Crippen LogP contribution in [-0.2, 0) is 0 Å².